The molecule has 9 heteroatoms. The van der Waals surface area contributed by atoms with E-state index in [2.05, 4.69) is 10.6 Å². The topological polar surface area (TPSA) is 78.5 Å². The van der Waals surface area contributed by atoms with Crippen LogP contribution in [0.15, 0.2) is 42.5 Å². The van der Waals surface area contributed by atoms with Crippen LogP contribution in [0.4, 0.5) is 9.18 Å². The third-order valence-corrected chi connectivity index (χ3v) is 5.03. The standard InChI is InChI=1S/C19H16Cl2FN3O3/c1-19(13-7-6-12(20)8-14(13)21)17(27)25(18(28)24-19)10-16(26)23-9-11-4-2-3-5-15(11)22/h2-8H,9-10H2,1H3,(H,23,26)(H,24,28). The van der Waals surface area contributed by atoms with Gasteiger partial charge < -0.3 is 10.6 Å². The molecule has 1 aliphatic heterocycles. The van der Waals surface area contributed by atoms with E-state index in [0.29, 0.717) is 16.1 Å². The molecule has 3 rings (SSSR count). The lowest BCUT2D eigenvalue weighted by atomic mass is 9.92. The van der Waals surface area contributed by atoms with E-state index in [0.717, 1.165) is 4.90 Å². The van der Waals surface area contributed by atoms with Gasteiger partial charge in [0, 0.05) is 27.7 Å². The Morgan fingerprint density at radius 3 is 2.61 bits per heavy atom. The molecule has 1 fully saturated rings. The van der Waals surface area contributed by atoms with Crippen LogP contribution in [-0.2, 0) is 21.7 Å². The Bertz CT molecular complexity index is 969. The maximum absolute atomic E-state index is 13.6. The van der Waals surface area contributed by atoms with Gasteiger partial charge in [0.25, 0.3) is 5.91 Å². The zero-order valence-corrected chi connectivity index (χ0v) is 16.3. The molecule has 146 valence electrons. The van der Waals surface area contributed by atoms with Crippen LogP contribution in [0.5, 0.6) is 0 Å². The van der Waals surface area contributed by atoms with E-state index in [1.54, 1.807) is 18.2 Å². The lowest BCUT2D eigenvalue weighted by molar-refractivity contribution is -0.134. The number of carbonyl (C=O) groups is 3. The quantitative estimate of drug-likeness (QED) is 0.724. The molecule has 1 heterocycles. The van der Waals surface area contributed by atoms with Gasteiger partial charge in [0.15, 0.2) is 0 Å². The predicted octanol–water partition coefficient (Wildman–Crippen LogP) is 3.22. The number of nitrogens with one attached hydrogen (secondary N) is 2. The number of halogens is 3. The summed E-state index contributed by atoms with van der Waals surface area (Å²) in [5.41, 5.74) is -0.762. The molecule has 0 saturated carbocycles. The molecular weight excluding hydrogens is 408 g/mol. The van der Waals surface area contributed by atoms with E-state index in [-0.39, 0.29) is 11.6 Å². The zero-order valence-electron chi connectivity index (χ0n) is 14.8. The number of rotatable bonds is 5. The molecule has 1 aliphatic rings. The van der Waals surface area contributed by atoms with E-state index in [1.165, 1.54) is 31.2 Å². The molecular formula is C19H16Cl2FN3O3. The molecule has 0 radical (unpaired) electrons. The molecule has 0 bridgehead atoms. The molecule has 2 N–H and O–H groups in total. The minimum absolute atomic E-state index is 0.0601. The van der Waals surface area contributed by atoms with Crippen molar-refractivity contribution >= 4 is 41.0 Å². The molecule has 1 unspecified atom stereocenters. The first-order chi connectivity index (χ1) is 13.2. The fraction of sp³-hybridized carbons (Fsp3) is 0.211. The Balaban J connectivity index is 1.71. The molecule has 0 spiro atoms. The first-order valence-corrected chi connectivity index (χ1v) is 9.07. The minimum Gasteiger partial charge on any atom is -0.350 e. The van der Waals surface area contributed by atoms with E-state index >= 15 is 0 Å². The van der Waals surface area contributed by atoms with E-state index < -0.39 is 35.7 Å². The number of hydrogen-bond donors (Lipinski definition) is 2. The maximum Gasteiger partial charge on any atom is 0.325 e. The van der Waals surface area contributed by atoms with Gasteiger partial charge in [-0.25, -0.2) is 9.18 Å². The second-order valence-electron chi connectivity index (χ2n) is 6.44. The second-order valence-corrected chi connectivity index (χ2v) is 7.28. The smallest absolute Gasteiger partial charge is 0.325 e. The number of hydrogen-bond acceptors (Lipinski definition) is 3. The molecule has 1 atom stereocenters. The highest BCUT2D eigenvalue weighted by Gasteiger charge is 2.50. The van der Waals surface area contributed by atoms with Gasteiger partial charge >= 0.3 is 6.03 Å². The van der Waals surface area contributed by atoms with Gasteiger partial charge in [0.05, 0.1) is 0 Å². The van der Waals surface area contributed by atoms with Crippen LogP contribution in [0.1, 0.15) is 18.1 Å². The highest BCUT2D eigenvalue weighted by molar-refractivity contribution is 6.35. The Kier molecular flexibility index (Phi) is 5.58. The number of imide groups is 1. The molecule has 6 nitrogen and oxygen atoms in total. The molecule has 1 saturated heterocycles. The van der Waals surface area contributed by atoms with Crippen molar-refractivity contribution in [3.05, 3.63) is 69.5 Å². The van der Waals surface area contributed by atoms with Gasteiger partial charge in [-0.1, -0.05) is 47.5 Å². The Labute approximate surface area is 170 Å². The highest BCUT2D eigenvalue weighted by atomic mass is 35.5. The van der Waals surface area contributed by atoms with E-state index in [1.807, 2.05) is 0 Å². The van der Waals surface area contributed by atoms with E-state index in [4.69, 9.17) is 23.2 Å². The Morgan fingerprint density at radius 1 is 1.21 bits per heavy atom. The fourth-order valence-electron chi connectivity index (χ4n) is 2.95. The molecule has 0 aliphatic carbocycles. The lowest BCUT2D eigenvalue weighted by Gasteiger charge is -2.23. The van der Waals surface area contributed by atoms with Crippen LogP contribution in [0.25, 0.3) is 0 Å². The van der Waals surface area contributed by atoms with Crippen LogP contribution in [0.3, 0.4) is 0 Å². The maximum atomic E-state index is 13.6. The van der Waals surface area contributed by atoms with Crippen LogP contribution in [-0.4, -0.2) is 29.3 Å². The summed E-state index contributed by atoms with van der Waals surface area (Å²) in [5, 5.41) is 5.67. The van der Waals surface area contributed by atoms with Crippen LogP contribution < -0.4 is 10.6 Å². The summed E-state index contributed by atoms with van der Waals surface area (Å²) in [5.74, 6) is -1.68. The summed E-state index contributed by atoms with van der Waals surface area (Å²) in [6, 6.07) is 9.83. The molecule has 2 aromatic carbocycles. The molecule has 28 heavy (non-hydrogen) atoms. The predicted molar refractivity (Wildman–Crippen MR) is 102 cm³/mol. The number of urea groups is 1. The lowest BCUT2D eigenvalue weighted by Crippen LogP contribution is -2.43. The third-order valence-electron chi connectivity index (χ3n) is 4.48. The van der Waals surface area contributed by atoms with Crippen LogP contribution in [0, 0.1) is 5.82 Å². The average Bonchev–Trinajstić information content (AvgIpc) is 2.84. The number of benzene rings is 2. The second kappa shape index (κ2) is 7.77. The summed E-state index contributed by atoms with van der Waals surface area (Å²) < 4.78 is 13.6. The first-order valence-electron chi connectivity index (χ1n) is 8.32. The molecule has 2 aromatic rings. The van der Waals surface area contributed by atoms with Crippen molar-refractivity contribution in [2.45, 2.75) is 19.0 Å². The zero-order chi connectivity index (χ0) is 20.5. The number of amides is 4. The number of nitrogens with zero attached hydrogens (tertiary/aromatic N) is 1. The number of carbonyl (C=O) groups excluding carboxylic acids is 3. The highest BCUT2D eigenvalue weighted by Crippen LogP contribution is 2.34. The van der Waals surface area contributed by atoms with Crippen molar-refractivity contribution in [3.8, 4) is 0 Å². The van der Waals surface area contributed by atoms with Crippen LogP contribution >= 0.6 is 23.2 Å². The summed E-state index contributed by atoms with van der Waals surface area (Å²) in [4.78, 5) is 38.1. The van der Waals surface area contributed by atoms with Gasteiger partial charge in [-0.3, -0.25) is 14.5 Å². The van der Waals surface area contributed by atoms with E-state index in [9.17, 15) is 18.8 Å². The average molecular weight is 424 g/mol. The van der Waals surface area contributed by atoms with Crippen LogP contribution in [0.2, 0.25) is 10.0 Å². The molecule has 4 amide bonds. The van der Waals surface area contributed by atoms with Crippen molar-refractivity contribution in [3.63, 3.8) is 0 Å². The van der Waals surface area contributed by atoms with Crippen molar-refractivity contribution in [1.29, 1.82) is 0 Å². The summed E-state index contributed by atoms with van der Waals surface area (Å²) in [6.07, 6.45) is 0. The Hall–Kier alpha value is -2.64. The van der Waals surface area contributed by atoms with Crippen molar-refractivity contribution in [2.24, 2.45) is 0 Å². The van der Waals surface area contributed by atoms with Crippen molar-refractivity contribution < 1.29 is 18.8 Å². The van der Waals surface area contributed by atoms with Gasteiger partial charge in [0.1, 0.15) is 17.9 Å². The summed E-state index contributed by atoms with van der Waals surface area (Å²) in [7, 11) is 0. The minimum atomic E-state index is -1.43. The van der Waals surface area contributed by atoms with Gasteiger partial charge in [-0.05, 0) is 25.1 Å². The normalized spacial score (nSPS) is 18.9. The van der Waals surface area contributed by atoms with Crippen molar-refractivity contribution in [1.82, 2.24) is 15.5 Å². The largest absolute Gasteiger partial charge is 0.350 e. The SMILES string of the molecule is CC1(c2ccc(Cl)cc2Cl)NC(=O)N(CC(=O)NCc2ccccc2F)C1=O. The third kappa shape index (κ3) is 3.81. The summed E-state index contributed by atoms with van der Waals surface area (Å²) in [6.45, 7) is 0.939. The fourth-order valence-corrected chi connectivity index (χ4v) is 3.55. The first kappa shape index (κ1) is 20.1. The monoisotopic (exact) mass is 423 g/mol. The Morgan fingerprint density at radius 2 is 1.93 bits per heavy atom. The van der Waals surface area contributed by atoms with Gasteiger partial charge in [-0.2, -0.15) is 0 Å². The van der Waals surface area contributed by atoms with Gasteiger partial charge in [-0.15, -0.1) is 0 Å². The molecule has 0 aromatic heterocycles. The van der Waals surface area contributed by atoms with Gasteiger partial charge in [0.2, 0.25) is 5.91 Å². The summed E-state index contributed by atoms with van der Waals surface area (Å²) >= 11 is 12.1. The van der Waals surface area contributed by atoms with Crippen molar-refractivity contribution in [2.75, 3.05) is 6.54 Å².